The molecule has 0 spiro atoms. The second-order valence-corrected chi connectivity index (χ2v) is 7.06. The minimum atomic E-state index is -0.278. The van der Waals surface area contributed by atoms with E-state index in [1.807, 2.05) is 17.5 Å². The monoisotopic (exact) mass is 372 g/mol. The molecule has 0 saturated heterocycles. The predicted molar refractivity (Wildman–Crippen MR) is 96.0 cm³/mol. The van der Waals surface area contributed by atoms with Gasteiger partial charge >= 0.3 is 0 Å². The fourth-order valence-electron chi connectivity index (χ4n) is 2.40. The van der Waals surface area contributed by atoms with Gasteiger partial charge in [-0.25, -0.2) is 4.98 Å². The van der Waals surface area contributed by atoms with E-state index in [0.717, 1.165) is 4.88 Å². The maximum absolute atomic E-state index is 12.3. The van der Waals surface area contributed by atoms with Gasteiger partial charge in [0.05, 0.1) is 4.88 Å². The van der Waals surface area contributed by atoms with Gasteiger partial charge in [0.1, 0.15) is 6.54 Å². The molecule has 126 valence electrons. The number of anilines is 1. The lowest BCUT2D eigenvalue weighted by molar-refractivity contribution is -0.116. The van der Waals surface area contributed by atoms with Crippen LogP contribution < -0.4 is 10.9 Å². The molecule has 0 atom stereocenters. The van der Waals surface area contributed by atoms with Crippen LogP contribution in [-0.4, -0.2) is 30.1 Å². The normalized spacial score (nSPS) is 11.1. The second-order valence-electron chi connectivity index (χ2n) is 5.22. The third kappa shape index (κ3) is 2.96. The zero-order chi connectivity index (χ0) is 17.4. The highest BCUT2D eigenvalue weighted by molar-refractivity contribution is 7.13. The molecule has 0 aliphatic rings. The summed E-state index contributed by atoms with van der Waals surface area (Å²) < 4.78 is 2.88. The van der Waals surface area contributed by atoms with E-state index in [4.69, 9.17) is 0 Å². The maximum Gasteiger partial charge on any atom is 0.275 e. The van der Waals surface area contributed by atoms with E-state index in [-0.39, 0.29) is 18.0 Å². The summed E-state index contributed by atoms with van der Waals surface area (Å²) in [6, 6.07) is 5.22. The standard InChI is InChI=1S/C15H12N6O2S2/c1-9-7-12(23)21-15(18-13(19-21)10-3-2-5-24-10)20(9)8-11(22)17-14-16-4-6-25-14/h2-7H,8H2,1H3,(H,16,17,22). The average Bonchev–Trinajstić information content (AvgIpc) is 3.30. The molecule has 0 aromatic carbocycles. The van der Waals surface area contributed by atoms with Crippen LogP contribution in [0, 0.1) is 6.92 Å². The molecule has 1 N–H and O–H groups in total. The van der Waals surface area contributed by atoms with Gasteiger partial charge in [0.2, 0.25) is 11.7 Å². The average molecular weight is 372 g/mol. The fourth-order valence-corrected chi connectivity index (χ4v) is 3.59. The summed E-state index contributed by atoms with van der Waals surface area (Å²) in [4.78, 5) is 33.9. The number of amides is 1. The third-order valence-corrected chi connectivity index (χ3v) is 5.07. The number of nitrogens with one attached hydrogen (secondary N) is 1. The first-order valence-corrected chi connectivity index (χ1v) is 9.08. The van der Waals surface area contributed by atoms with Gasteiger partial charge in [-0.2, -0.15) is 9.50 Å². The van der Waals surface area contributed by atoms with E-state index >= 15 is 0 Å². The van der Waals surface area contributed by atoms with Crippen LogP contribution in [0.2, 0.25) is 0 Å². The highest BCUT2D eigenvalue weighted by Crippen LogP contribution is 2.21. The first-order valence-electron chi connectivity index (χ1n) is 7.32. The lowest BCUT2D eigenvalue weighted by Gasteiger charge is -2.10. The summed E-state index contributed by atoms with van der Waals surface area (Å²) in [5.41, 5.74) is 0.358. The number of fused-ring (bicyclic) bond motifs is 1. The number of carbonyl (C=O) groups is 1. The predicted octanol–water partition coefficient (Wildman–Crippen LogP) is 2.02. The van der Waals surface area contributed by atoms with Crippen LogP contribution >= 0.6 is 22.7 Å². The van der Waals surface area contributed by atoms with Gasteiger partial charge in [0.25, 0.3) is 5.56 Å². The SMILES string of the molecule is Cc1cc(=O)n2nc(-c3cccs3)nc2n1CC(=O)Nc1nccs1. The summed E-state index contributed by atoms with van der Waals surface area (Å²) in [7, 11) is 0. The molecule has 4 heterocycles. The molecule has 1 amide bonds. The minimum absolute atomic E-state index is 0.0117. The Bertz CT molecular complexity index is 1100. The fraction of sp³-hybridized carbons (Fsp3) is 0.133. The Morgan fingerprint density at radius 3 is 2.92 bits per heavy atom. The first kappa shape index (κ1) is 15.7. The lowest BCUT2D eigenvalue weighted by Crippen LogP contribution is -2.25. The van der Waals surface area contributed by atoms with Crippen LogP contribution in [0.1, 0.15) is 5.69 Å². The zero-order valence-electron chi connectivity index (χ0n) is 13.0. The van der Waals surface area contributed by atoms with Crippen LogP contribution in [0.15, 0.2) is 40.0 Å². The number of thiazole rings is 1. The molecular formula is C15H12N6O2S2. The molecule has 4 aromatic rings. The van der Waals surface area contributed by atoms with Gasteiger partial charge in [-0.15, -0.1) is 27.8 Å². The summed E-state index contributed by atoms with van der Waals surface area (Å²) >= 11 is 2.83. The Balaban J connectivity index is 1.74. The first-order chi connectivity index (χ1) is 12.1. The quantitative estimate of drug-likeness (QED) is 0.591. The maximum atomic E-state index is 12.3. The van der Waals surface area contributed by atoms with Crippen LogP contribution in [0.4, 0.5) is 5.13 Å². The molecule has 0 aliphatic heterocycles. The number of carbonyl (C=O) groups excluding carboxylic acids is 1. The number of aryl methyl sites for hydroxylation is 1. The van der Waals surface area contributed by atoms with Crippen molar-refractivity contribution < 1.29 is 4.79 Å². The van der Waals surface area contributed by atoms with Gasteiger partial charge in [-0.1, -0.05) is 6.07 Å². The van der Waals surface area contributed by atoms with Crippen LogP contribution in [-0.2, 0) is 11.3 Å². The lowest BCUT2D eigenvalue weighted by atomic mass is 10.4. The van der Waals surface area contributed by atoms with Gasteiger partial charge in [0, 0.05) is 23.3 Å². The van der Waals surface area contributed by atoms with Crippen molar-refractivity contribution >= 4 is 39.5 Å². The molecule has 0 radical (unpaired) electrons. The second kappa shape index (κ2) is 6.22. The molecular weight excluding hydrogens is 360 g/mol. The smallest absolute Gasteiger partial charge is 0.275 e. The van der Waals surface area contributed by atoms with E-state index in [1.165, 1.54) is 33.3 Å². The van der Waals surface area contributed by atoms with E-state index in [1.54, 1.807) is 23.1 Å². The number of aromatic nitrogens is 5. The zero-order valence-corrected chi connectivity index (χ0v) is 14.7. The highest BCUT2D eigenvalue weighted by Gasteiger charge is 2.16. The van der Waals surface area contributed by atoms with Crippen LogP contribution in [0.5, 0.6) is 0 Å². The summed E-state index contributed by atoms with van der Waals surface area (Å²) in [5, 5.41) is 11.2. The van der Waals surface area contributed by atoms with Crippen molar-refractivity contribution in [1.29, 1.82) is 0 Å². The van der Waals surface area contributed by atoms with Gasteiger partial charge in [0.15, 0.2) is 11.0 Å². The summed E-state index contributed by atoms with van der Waals surface area (Å²) in [6.45, 7) is 1.77. The van der Waals surface area contributed by atoms with Crippen molar-refractivity contribution in [3.63, 3.8) is 0 Å². The van der Waals surface area contributed by atoms with Crippen molar-refractivity contribution in [2.24, 2.45) is 0 Å². The van der Waals surface area contributed by atoms with Gasteiger partial charge < -0.3 is 9.88 Å². The van der Waals surface area contributed by atoms with E-state index in [0.29, 0.717) is 22.4 Å². The third-order valence-electron chi connectivity index (χ3n) is 3.52. The molecule has 10 heteroatoms. The molecule has 0 saturated carbocycles. The summed E-state index contributed by atoms with van der Waals surface area (Å²) in [6.07, 6.45) is 1.62. The van der Waals surface area contributed by atoms with E-state index < -0.39 is 0 Å². The Kier molecular flexibility index (Phi) is 3.90. The molecule has 0 fully saturated rings. The molecule has 25 heavy (non-hydrogen) atoms. The molecule has 0 bridgehead atoms. The van der Waals surface area contributed by atoms with Crippen LogP contribution in [0.25, 0.3) is 16.5 Å². The number of hydrogen-bond donors (Lipinski definition) is 1. The highest BCUT2D eigenvalue weighted by atomic mass is 32.1. The molecule has 0 unspecified atom stereocenters. The number of thiophene rings is 1. The molecule has 4 aromatic heterocycles. The Morgan fingerprint density at radius 1 is 1.32 bits per heavy atom. The number of nitrogens with zero attached hydrogens (tertiary/aromatic N) is 5. The van der Waals surface area contributed by atoms with Crippen molar-refractivity contribution in [2.75, 3.05) is 5.32 Å². The van der Waals surface area contributed by atoms with E-state index in [2.05, 4.69) is 20.4 Å². The van der Waals surface area contributed by atoms with Crippen molar-refractivity contribution in [3.05, 3.63) is 51.2 Å². The van der Waals surface area contributed by atoms with Crippen molar-refractivity contribution in [2.45, 2.75) is 13.5 Å². The number of rotatable bonds is 4. The topological polar surface area (TPSA) is 94.2 Å². The number of hydrogen-bond acceptors (Lipinski definition) is 7. The minimum Gasteiger partial charge on any atom is -0.305 e. The van der Waals surface area contributed by atoms with Gasteiger partial charge in [-0.05, 0) is 18.4 Å². The van der Waals surface area contributed by atoms with Crippen LogP contribution in [0.3, 0.4) is 0 Å². The Hall–Kier alpha value is -2.85. The molecule has 8 nitrogen and oxygen atoms in total. The summed E-state index contributed by atoms with van der Waals surface area (Å²) in [5.74, 6) is 0.554. The van der Waals surface area contributed by atoms with Gasteiger partial charge in [-0.3, -0.25) is 9.59 Å². The van der Waals surface area contributed by atoms with Crippen molar-refractivity contribution in [3.8, 4) is 10.7 Å². The van der Waals surface area contributed by atoms with Crippen molar-refractivity contribution in [1.82, 2.24) is 24.1 Å². The Morgan fingerprint density at radius 2 is 2.20 bits per heavy atom. The largest absolute Gasteiger partial charge is 0.305 e. The molecule has 0 aliphatic carbocycles. The van der Waals surface area contributed by atoms with E-state index in [9.17, 15) is 9.59 Å². The Labute approximate surface area is 149 Å². The molecule has 4 rings (SSSR count).